The maximum absolute atomic E-state index is 14.2. The first-order chi connectivity index (χ1) is 9.59. The van der Waals surface area contributed by atoms with E-state index in [0.717, 1.165) is 30.4 Å². The van der Waals surface area contributed by atoms with Gasteiger partial charge in [-0.1, -0.05) is 0 Å². The Hall–Kier alpha value is -0.810. The highest BCUT2D eigenvalue weighted by Gasteiger charge is 2.26. The zero-order valence-corrected chi connectivity index (χ0v) is 12.6. The molecule has 2 unspecified atom stereocenters. The van der Waals surface area contributed by atoms with Gasteiger partial charge in [0.15, 0.2) is 11.6 Å². The molecule has 2 aromatic rings. The normalized spacial score (nSPS) is 21.3. The highest BCUT2D eigenvalue weighted by atomic mass is 35.5. The highest BCUT2D eigenvalue weighted by molar-refractivity contribution is 7.99. The number of nitrogens with zero attached hydrogens (tertiary/aromatic N) is 2. The van der Waals surface area contributed by atoms with Crippen molar-refractivity contribution >= 4 is 34.4 Å². The zero-order chi connectivity index (χ0) is 14.3. The Kier molecular flexibility index (Phi) is 3.91. The quantitative estimate of drug-likeness (QED) is 0.748. The fourth-order valence-electron chi connectivity index (χ4n) is 2.72. The molecular weight excluding hydrogens is 302 g/mol. The van der Waals surface area contributed by atoms with Crippen LogP contribution in [0.25, 0.3) is 11.0 Å². The summed E-state index contributed by atoms with van der Waals surface area (Å²) in [5.41, 5.74) is 0.724. The minimum atomic E-state index is -0.837. The van der Waals surface area contributed by atoms with Crippen LogP contribution in [0.2, 0.25) is 0 Å². The molecule has 6 heteroatoms. The van der Waals surface area contributed by atoms with Crippen molar-refractivity contribution in [2.75, 3.05) is 11.5 Å². The zero-order valence-electron chi connectivity index (χ0n) is 11.1. The summed E-state index contributed by atoms with van der Waals surface area (Å²) >= 11 is 8.02. The van der Waals surface area contributed by atoms with Crippen molar-refractivity contribution in [3.63, 3.8) is 0 Å². The number of hydrogen-bond acceptors (Lipinski definition) is 2. The number of halogens is 3. The molecule has 0 radical (unpaired) electrons. The van der Waals surface area contributed by atoms with E-state index in [-0.39, 0.29) is 16.9 Å². The molecule has 1 aromatic carbocycles. The fraction of sp³-hybridized carbons (Fsp3) is 0.500. The Labute approximate surface area is 125 Å². The number of rotatable bonds is 2. The van der Waals surface area contributed by atoms with Crippen molar-refractivity contribution in [3.8, 4) is 0 Å². The summed E-state index contributed by atoms with van der Waals surface area (Å²) < 4.78 is 29.6. The van der Waals surface area contributed by atoms with Crippen LogP contribution >= 0.6 is 23.4 Å². The Balaban J connectivity index is 2.24. The van der Waals surface area contributed by atoms with Crippen LogP contribution in [0, 0.1) is 11.6 Å². The van der Waals surface area contributed by atoms with Crippen molar-refractivity contribution in [2.24, 2.45) is 0 Å². The van der Waals surface area contributed by atoms with Crippen LogP contribution in [0.5, 0.6) is 0 Å². The molecule has 0 spiro atoms. The number of aromatic nitrogens is 2. The third kappa shape index (κ3) is 2.31. The molecule has 20 heavy (non-hydrogen) atoms. The summed E-state index contributed by atoms with van der Waals surface area (Å²) in [5, 5.41) is -0.336. The van der Waals surface area contributed by atoms with Gasteiger partial charge in [0.1, 0.15) is 11.3 Å². The van der Waals surface area contributed by atoms with E-state index in [1.54, 1.807) is 0 Å². The summed E-state index contributed by atoms with van der Waals surface area (Å²) in [7, 11) is 0. The van der Waals surface area contributed by atoms with Gasteiger partial charge in [0.25, 0.3) is 0 Å². The molecule has 2 atom stereocenters. The molecule has 1 fully saturated rings. The number of alkyl halides is 1. The van der Waals surface area contributed by atoms with E-state index in [9.17, 15) is 8.78 Å². The van der Waals surface area contributed by atoms with Gasteiger partial charge in [-0.25, -0.2) is 13.8 Å². The van der Waals surface area contributed by atoms with Gasteiger partial charge in [-0.3, -0.25) is 0 Å². The van der Waals surface area contributed by atoms with Gasteiger partial charge in [-0.05, 0) is 37.7 Å². The van der Waals surface area contributed by atoms with E-state index in [2.05, 4.69) is 4.98 Å². The molecule has 0 aliphatic carbocycles. The minimum Gasteiger partial charge on any atom is -0.320 e. The maximum atomic E-state index is 14.2. The van der Waals surface area contributed by atoms with Gasteiger partial charge in [-0.15, -0.1) is 11.6 Å². The number of hydrogen-bond donors (Lipinski definition) is 0. The number of imidazole rings is 1. The SMILES string of the molecule is CC(Cl)c1nc2ccc(F)c(F)c2n1C1CCCSC1. The van der Waals surface area contributed by atoms with E-state index >= 15 is 0 Å². The van der Waals surface area contributed by atoms with Crippen LogP contribution in [-0.2, 0) is 0 Å². The number of fused-ring (bicyclic) bond motifs is 1. The lowest BCUT2D eigenvalue weighted by Crippen LogP contribution is -2.19. The Morgan fingerprint density at radius 3 is 2.90 bits per heavy atom. The van der Waals surface area contributed by atoms with Crippen LogP contribution in [0.4, 0.5) is 8.78 Å². The molecule has 0 bridgehead atoms. The highest BCUT2D eigenvalue weighted by Crippen LogP contribution is 2.35. The monoisotopic (exact) mass is 316 g/mol. The smallest absolute Gasteiger partial charge is 0.184 e. The molecular formula is C14H15ClF2N2S. The van der Waals surface area contributed by atoms with Crippen LogP contribution in [-0.4, -0.2) is 21.1 Å². The molecule has 1 aliphatic rings. The molecule has 3 rings (SSSR count). The van der Waals surface area contributed by atoms with Crippen molar-refractivity contribution in [1.82, 2.24) is 9.55 Å². The molecule has 2 nitrogen and oxygen atoms in total. The van der Waals surface area contributed by atoms with Gasteiger partial charge in [0, 0.05) is 11.8 Å². The van der Waals surface area contributed by atoms with Crippen molar-refractivity contribution in [1.29, 1.82) is 0 Å². The van der Waals surface area contributed by atoms with Gasteiger partial charge < -0.3 is 4.57 Å². The Bertz CT molecular complexity index is 636. The third-order valence-electron chi connectivity index (χ3n) is 3.63. The lowest BCUT2D eigenvalue weighted by atomic mass is 10.1. The molecule has 0 N–H and O–H groups in total. The maximum Gasteiger partial charge on any atom is 0.184 e. The summed E-state index contributed by atoms with van der Waals surface area (Å²) in [6.07, 6.45) is 2.02. The predicted molar refractivity (Wildman–Crippen MR) is 79.5 cm³/mol. The van der Waals surface area contributed by atoms with Gasteiger partial charge >= 0.3 is 0 Å². The van der Waals surface area contributed by atoms with Crippen LogP contribution < -0.4 is 0 Å². The van der Waals surface area contributed by atoms with E-state index in [4.69, 9.17) is 11.6 Å². The number of thioether (sulfide) groups is 1. The molecule has 1 aliphatic heterocycles. The average molecular weight is 317 g/mol. The van der Waals surface area contributed by atoms with Gasteiger partial charge in [-0.2, -0.15) is 11.8 Å². The van der Waals surface area contributed by atoms with E-state index in [1.165, 1.54) is 6.07 Å². The van der Waals surface area contributed by atoms with Crippen LogP contribution in [0.1, 0.15) is 37.0 Å². The van der Waals surface area contributed by atoms with Gasteiger partial charge in [0.05, 0.1) is 10.9 Å². The lowest BCUT2D eigenvalue weighted by molar-refractivity contribution is 0.474. The largest absolute Gasteiger partial charge is 0.320 e. The first-order valence-electron chi connectivity index (χ1n) is 6.67. The first kappa shape index (κ1) is 14.1. The molecule has 2 heterocycles. The summed E-state index contributed by atoms with van der Waals surface area (Å²) in [6, 6.07) is 2.77. The summed E-state index contributed by atoms with van der Waals surface area (Å²) in [5.74, 6) is 0.965. The summed E-state index contributed by atoms with van der Waals surface area (Å²) in [4.78, 5) is 4.40. The van der Waals surface area contributed by atoms with Crippen molar-refractivity contribution < 1.29 is 8.78 Å². The second-order valence-corrected chi connectivity index (χ2v) is 6.86. The van der Waals surface area contributed by atoms with Crippen molar-refractivity contribution in [2.45, 2.75) is 31.2 Å². The van der Waals surface area contributed by atoms with E-state index in [1.807, 2.05) is 23.3 Å². The standard InChI is InChI=1S/C14H15ClF2N2S/c1-8(15)14-18-11-5-4-10(16)12(17)13(11)19(14)9-3-2-6-20-7-9/h4-5,8-9H,2-3,6-7H2,1H3. The second-order valence-electron chi connectivity index (χ2n) is 5.06. The molecule has 0 amide bonds. The predicted octanol–water partition coefficient (Wildman–Crippen LogP) is 4.68. The topological polar surface area (TPSA) is 17.8 Å². The molecule has 1 saturated heterocycles. The van der Waals surface area contributed by atoms with Crippen molar-refractivity contribution in [3.05, 3.63) is 29.6 Å². The number of benzene rings is 1. The Morgan fingerprint density at radius 1 is 1.45 bits per heavy atom. The van der Waals surface area contributed by atoms with E-state index in [0.29, 0.717) is 11.3 Å². The van der Waals surface area contributed by atoms with Crippen LogP contribution in [0.3, 0.4) is 0 Å². The lowest BCUT2D eigenvalue weighted by Gasteiger charge is -2.26. The molecule has 1 aromatic heterocycles. The first-order valence-corrected chi connectivity index (χ1v) is 8.26. The summed E-state index contributed by atoms with van der Waals surface area (Å²) in [6.45, 7) is 1.81. The molecule has 108 valence electrons. The fourth-order valence-corrected chi connectivity index (χ4v) is 4.00. The van der Waals surface area contributed by atoms with E-state index < -0.39 is 11.6 Å². The minimum absolute atomic E-state index is 0.131. The Morgan fingerprint density at radius 2 is 2.25 bits per heavy atom. The third-order valence-corrected chi connectivity index (χ3v) is 5.02. The van der Waals surface area contributed by atoms with Gasteiger partial charge in [0.2, 0.25) is 0 Å². The van der Waals surface area contributed by atoms with Crippen LogP contribution in [0.15, 0.2) is 12.1 Å². The average Bonchev–Trinajstić information content (AvgIpc) is 2.84. The molecule has 0 saturated carbocycles. The second kappa shape index (κ2) is 5.53.